The van der Waals surface area contributed by atoms with Crippen molar-refractivity contribution in [2.24, 2.45) is 5.73 Å². The van der Waals surface area contributed by atoms with Gasteiger partial charge in [0.25, 0.3) is 0 Å². The minimum atomic E-state index is -0.141. The molecule has 0 amide bonds. The van der Waals surface area contributed by atoms with Crippen molar-refractivity contribution < 1.29 is 0 Å². The Bertz CT molecular complexity index is 227. The van der Waals surface area contributed by atoms with Gasteiger partial charge in [-0.2, -0.15) is 0 Å². The number of hydrogen-bond acceptors (Lipinski definition) is 2. The molecule has 0 spiro atoms. The summed E-state index contributed by atoms with van der Waals surface area (Å²) in [6.07, 6.45) is 1.66. The van der Waals surface area contributed by atoms with Crippen molar-refractivity contribution in [2.45, 2.75) is 6.04 Å². The minimum Gasteiger partial charge on any atom is -0.385 e. The van der Waals surface area contributed by atoms with E-state index >= 15 is 0 Å². The van der Waals surface area contributed by atoms with Crippen LogP contribution in [0, 0.1) is 0 Å². The summed E-state index contributed by atoms with van der Waals surface area (Å²) >= 11 is 0. The summed E-state index contributed by atoms with van der Waals surface area (Å²) in [7, 11) is 0. The topological polar surface area (TPSA) is 67.8 Å². The Morgan fingerprint density at radius 3 is 2.70 bits per heavy atom. The lowest BCUT2D eigenvalue weighted by atomic mass is 10.2. The van der Waals surface area contributed by atoms with Gasteiger partial charge in [-0.3, -0.25) is 0 Å². The quantitative estimate of drug-likeness (QED) is 0.527. The van der Waals surface area contributed by atoms with E-state index in [0.29, 0.717) is 5.82 Å². The molecule has 3 nitrogen and oxygen atoms in total. The summed E-state index contributed by atoms with van der Waals surface area (Å²) in [6, 6.07) is 3.48. The van der Waals surface area contributed by atoms with Gasteiger partial charge in [-0.15, -0.1) is 6.58 Å². The maximum atomic E-state index is 5.60. The second-order valence-electron chi connectivity index (χ2n) is 2.13. The molecule has 0 aliphatic rings. The average molecular weight is 137 g/mol. The highest BCUT2D eigenvalue weighted by atomic mass is 14.9. The Balaban J connectivity index is 2.84. The van der Waals surface area contributed by atoms with Crippen molar-refractivity contribution in [1.29, 1.82) is 0 Å². The van der Waals surface area contributed by atoms with Crippen molar-refractivity contribution in [3.63, 3.8) is 0 Å². The Hall–Kier alpha value is -1.22. The maximum absolute atomic E-state index is 5.60. The summed E-state index contributed by atoms with van der Waals surface area (Å²) < 4.78 is 0. The lowest BCUT2D eigenvalue weighted by Gasteiger charge is -2.00. The molecule has 54 valence electrons. The number of aromatic nitrogens is 1. The molecule has 0 aromatic carbocycles. The van der Waals surface area contributed by atoms with E-state index in [2.05, 4.69) is 11.6 Å². The number of nitrogens with one attached hydrogen (secondary N) is 1. The van der Waals surface area contributed by atoms with Crippen LogP contribution in [-0.4, -0.2) is 4.98 Å². The predicted octanol–water partition coefficient (Wildman–Crippen LogP) is 0.783. The molecule has 10 heavy (non-hydrogen) atoms. The normalized spacial score (nSPS) is 12.9. The van der Waals surface area contributed by atoms with Gasteiger partial charge in [0.05, 0.1) is 6.04 Å². The van der Waals surface area contributed by atoms with Crippen LogP contribution in [0.1, 0.15) is 11.7 Å². The molecule has 0 radical (unpaired) electrons. The molecule has 1 aromatic rings. The summed E-state index contributed by atoms with van der Waals surface area (Å²) in [5.74, 6) is 0.632. The van der Waals surface area contributed by atoms with Crippen molar-refractivity contribution >= 4 is 5.82 Å². The number of nitrogen functional groups attached to an aromatic ring is 1. The summed E-state index contributed by atoms with van der Waals surface area (Å²) in [6.45, 7) is 3.56. The van der Waals surface area contributed by atoms with Crippen LogP contribution < -0.4 is 11.5 Å². The maximum Gasteiger partial charge on any atom is 0.100 e. The van der Waals surface area contributed by atoms with Crippen LogP contribution >= 0.6 is 0 Å². The molecule has 1 aromatic heterocycles. The average Bonchev–Trinajstić information content (AvgIpc) is 2.34. The van der Waals surface area contributed by atoms with Crippen LogP contribution in [0.3, 0.4) is 0 Å². The van der Waals surface area contributed by atoms with Gasteiger partial charge in [0, 0.05) is 5.69 Å². The Labute approximate surface area is 59.7 Å². The number of nitrogens with two attached hydrogens (primary N) is 2. The van der Waals surface area contributed by atoms with E-state index in [1.165, 1.54) is 0 Å². The van der Waals surface area contributed by atoms with Crippen molar-refractivity contribution in [2.75, 3.05) is 5.73 Å². The fourth-order valence-electron chi connectivity index (χ4n) is 0.751. The first-order chi connectivity index (χ1) is 4.74. The lowest BCUT2D eigenvalue weighted by molar-refractivity contribution is 0.878. The third-order valence-electron chi connectivity index (χ3n) is 1.34. The van der Waals surface area contributed by atoms with Crippen LogP contribution in [0.2, 0.25) is 0 Å². The fraction of sp³-hybridized carbons (Fsp3) is 0.143. The lowest BCUT2D eigenvalue weighted by Crippen LogP contribution is -2.06. The van der Waals surface area contributed by atoms with Gasteiger partial charge in [0.2, 0.25) is 0 Å². The van der Waals surface area contributed by atoms with Gasteiger partial charge in [-0.05, 0) is 12.1 Å². The second kappa shape index (κ2) is 2.58. The highest BCUT2D eigenvalue weighted by Gasteiger charge is 2.00. The molecular formula is C7H11N3. The highest BCUT2D eigenvalue weighted by Crippen LogP contribution is 2.10. The Morgan fingerprint density at radius 1 is 1.60 bits per heavy atom. The molecule has 0 bridgehead atoms. The number of aromatic amines is 1. The Morgan fingerprint density at radius 2 is 2.30 bits per heavy atom. The SMILES string of the molecule is C=C[C@@H](N)c1ccc(N)[nH]1. The van der Waals surface area contributed by atoms with Crippen molar-refractivity contribution in [3.8, 4) is 0 Å². The van der Waals surface area contributed by atoms with Gasteiger partial charge in [0.1, 0.15) is 5.82 Å². The number of hydrogen-bond donors (Lipinski definition) is 3. The molecule has 0 unspecified atom stereocenters. The van der Waals surface area contributed by atoms with E-state index in [4.69, 9.17) is 11.5 Å². The first-order valence-corrected chi connectivity index (χ1v) is 3.06. The molecule has 1 heterocycles. The number of anilines is 1. The molecule has 1 atom stereocenters. The van der Waals surface area contributed by atoms with Crippen molar-refractivity contribution in [3.05, 3.63) is 30.5 Å². The van der Waals surface area contributed by atoms with E-state index in [-0.39, 0.29) is 6.04 Å². The number of H-pyrrole nitrogens is 1. The predicted molar refractivity (Wildman–Crippen MR) is 42.3 cm³/mol. The Kier molecular flexibility index (Phi) is 1.78. The molecule has 0 saturated heterocycles. The van der Waals surface area contributed by atoms with E-state index in [0.717, 1.165) is 5.69 Å². The monoisotopic (exact) mass is 137 g/mol. The molecular weight excluding hydrogens is 126 g/mol. The van der Waals surface area contributed by atoms with Crippen LogP contribution in [0.15, 0.2) is 24.8 Å². The summed E-state index contributed by atoms with van der Waals surface area (Å²) in [5, 5.41) is 0. The zero-order valence-corrected chi connectivity index (χ0v) is 5.67. The molecule has 0 fully saturated rings. The second-order valence-corrected chi connectivity index (χ2v) is 2.13. The van der Waals surface area contributed by atoms with Crippen LogP contribution in [0.4, 0.5) is 5.82 Å². The van der Waals surface area contributed by atoms with E-state index in [1.807, 2.05) is 6.07 Å². The van der Waals surface area contributed by atoms with Gasteiger partial charge in [-0.1, -0.05) is 6.08 Å². The van der Waals surface area contributed by atoms with Gasteiger partial charge >= 0.3 is 0 Å². The van der Waals surface area contributed by atoms with E-state index in [9.17, 15) is 0 Å². The molecule has 0 aliphatic carbocycles. The smallest absolute Gasteiger partial charge is 0.100 e. The van der Waals surface area contributed by atoms with Crippen LogP contribution in [-0.2, 0) is 0 Å². The van der Waals surface area contributed by atoms with Gasteiger partial charge in [-0.25, -0.2) is 0 Å². The van der Waals surface area contributed by atoms with Gasteiger partial charge < -0.3 is 16.5 Å². The summed E-state index contributed by atoms with van der Waals surface area (Å²) in [5.41, 5.74) is 11.9. The van der Waals surface area contributed by atoms with Crippen LogP contribution in [0.25, 0.3) is 0 Å². The van der Waals surface area contributed by atoms with E-state index < -0.39 is 0 Å². The van der Waals surface area contributed by atoms with Gasteiger partial charge in [0.15, 0.2) is 0 Å². The largest absolute Gasteiger partial charge is 0.385 e. The summed E-state index contributed by atoms with van der Waals surface area (Å²) in [4.78, 5) is 2.91. The third kappa shape index (κ3) is 1.19. The minimum absolute atomic E-state index is 0.141. The molecule has 5 N–H and O–H groups in total. The first kappa shape index (κ1) is 6.89. The molecule has 3 heteroatoms. The molecule has 0 aliphatic heterocycles. The number of rotatable bonds is 2. The first-order valence-electron chi connectivity index (χ1n) is 3.06. The third-order valence-corrected chi connectivity index (χ3v) is 1.34. The fourth-order valence-corrected chi connectivity index (χ4v) is 0.751. The highest BCUT2D eigenvalue weighted by molar-refractivity contribution is 5.33. The van der Waals surface area contributed by atoms with Crippen LogP contribution in [0.5, 0.6) is 0 Å². The zero-order chi connectivity index (χ0) is 7.56. The van der Waals surface area contributed by atoms with E-state index in [1.54, 1.807) is 12.1 Å². The molecule has 1 rings (SSSR count). The zero-order valence-electron chi connectivity index (χ0n) is 5.67. The van der Waals surface area contributed by atoms with Crippen molar-refractivity contribution in [1.82, 2.24) is 4.98 Å². The standard InChI is InChI=1S/C7H11N3/c1-2-5(8)6-3-4-7(9)10-6/h2-5,10H,1,8-9H2/t5-/m1/s1. The molecule has 0 saturated carbocycles.